The number of phosphoric ester groups is 1. The van der Waals surface area contributed by atoms with Crippen molar-refractivity contribution in [3.63, 3.8) is 0 Å². The number of unbranched alkanes of at least 4 members (excludes halogenated alkanes) is 31. The summed E-state index contributed by atoms with van der Waals surface area (Å²) in [4.78, 5) is 23.1. The lowest BCUT2D eigenvalue weighted by Gasteiger charge is -2.26. The molecule has 0 saturated heterocycles. The maximum absolute atomic E-state index is 12.8. The van der Waals surface area contributed by atoms with Crippen LogP contribution in [-0.4, -0.2) is 73.4 Å². The van der Waals surface area contributed by atoms with E-state index in [1.807, 2.05) is 21.1 Å². The summed E-state index contributed by atoms with van der Waals surface area (Å²) in [6, 6.07) is -0.753. The average Bonchev–Trinajstić information content (AvgIpc) is 3.17. The number of aliphatic hydroxyl groups excluding tert-OH is 1. The molecule has 9 heteroatoms. The first-order chi connectivity index (χ1) is 28.0. The lowest BCUT2D eigenvalue weighted by molar-refractivity contribution is -0.870. The van der Waals surface area contributed by atoms with Gasteiger partial charge in [-0.15, -0.1) is 0 Å². The van der Waals surface area contributed by atoms with Gasteiger partial charge in [0.2, 0.25) is 5.91 Å². The van der Waals surface area contributed by atoms with E-state index in [-0.39, 0.29) is 19.1 Å². The third kappa shape index (κ3) is 43.3. The number of rotatable bonds is 46. The highest BCUT2D eigenvalue weighted by Gasteiger charge is 2.28. The molecule has 3 atom stereocenters. The first-order valence-corrected chi connectivity index (χ1v) is 26.5. The highest BCUT2D eigenvalue weighted by Crippen LogP contribution is 2.43. The Balaban J connectivity index is 3.91. The summed E-state index contributed by atoms with van der Waals surface area (Å²) in [5.41, 5.74) is 0. The first kappa shape index (κ1) is 57.2. The number of aliphatic hydroxyl groups is 1. The zero-order valence-electron chi connectivity index (χ0n) is 39.3. The second-order valence-corrected chi connectivity index (χ2v) is 20.0. The Labute approximate surface area is 361 Å². The molecular weight excluding hydrogens is 744 g/mol. The van der Waals surface area contributed by atoms with E-state index in [1.54, 1.807) is 0 Å². The van der Waals surface area contributed by atoms with Crippen LogP contribution in [0.2, 0.25) is 0 Å². The minimum atomic E-state index is -4.30. The average molecular weight is 844 g/mol. The predicted molar refractivity (Wildman–Crippen MR) is 249 cm³/mol. The number of nitrogens with zero attached hydrogens (tertiary/aromatic N) is 1. The van der Waals surface area contributed by atoms with E-state index in [4.69, 9.17) is 9.05 Å². The van der Waals surface area contributed by atoms with Crippen LogP contribution >= 0.6 is 7.82 Å². The van der Waals surface area contributed by atoms with Crippen LogP contribution in [-0.2, 0) is 18.4 Å². The summed E-state index contributed by atoms with van der Waals surface area (Å²) in [5, 5.41) is 13.9. The number of nitrogens with one attached hydrogen (secondary N) is 1. The molecule has 58 heavy (non-hydrogen) atoms. The Morgan fingerprint density at radius 1 is 0.569 bits per heavy atom. The molecule has 0 spiro atoms. The molecule has 346 valence electrons. The molecule has 0 aromatic carbocycles. The smallest absolute Gasteiger partial charge is 0.391 e. The monoisotopic (exact) mass is 844 g/mol. The highest BCUT2D eigenvalue weighted by molar-refractivity contribution is 7.47. The maximum atomic E-state index is 12.8. The van der Waals surface area contributed by atoms with Gasteiger partial charge in [-0.1, -0.05) is 212 Å². The number of amides is 1. The standard InChI is InChI=1S/C49H99N2O6P/c1-6-8-10-12-14-15-16-17-18-19-20-21-22-23-24-25-26-27-28-29-30-31-32-33-34-35-37-39-41-43-49(53)50-47(48(52)42-40-38-36-13-11-9-7-2)46-57-58(54,55)56-45-44-51(3,4)5/h19-20,47-48,52H,6-18,21-46H2,1-5H3,(H-,50,53,54,55)/p+1/b20-19-. The summed E-state index contributed by atoms with van der Waals surface area (Å²) < 4.78 is 23.5. The molecule has 0 aliphatic rings. The van der Waals surface area contributed by atoms with E-state index in [0.29, 0.717) is 23.9 Å². The van der Waals surface area contributed by atoms with Crippen molar-refractivity contribution in [1.29, 1.82) is 0 Å². The number of carbonyl (C=O) groups is 1. The maximum Gasteiger partial charge on any atom is 0.472 e. The third-order valence-electron chi connectivity index (χ3n) is 11.5. The molecule has 0 saturated carbocycles. The van der Waals surface area contributed by atoms with E-state index in [2.05, 4.69) is 31.3 Å². The van der Waals surface area contributed by atoms with Gasteiger partial charge in [-0.25, -0.2) is 4.57 Å². The number of carbonyl (C=O) groups excluding carboxylic acids is 1. The van der Waals surface area contributed by atoms with Crippen LogP contribution in [0.5, 0.6) is 0 Å². The van der Waals surface area contributed by atoms with Gasteiger partial charge >= 0.3 is 7.82 Å². The third-order valence-corrected chi connectivity index (χ3v) is 12.5. The van der Waals surface area contributed by atoms with Gasteiger partial charge in [0.15, 0.2) is 0 Å². The van der Waals surface area contributed by atoms with Crippen molar-refractivity contribution in [1.82, 2.24) is 5.32 Å². The second-order valence-electron chi connectivity index (χ2n) is 18.5. The van der Waals surface area contributed by atoms with Crippen molar-refractivity contribution in [3.05, 3.63) is 12.2 Å². The largest absolute Gasteiger partial charge is 0.472 e. The van der Waals surface area contributed by atoms with Crippen LogP contribution in [0.3, 0.4) is 0 Å². The fourth-order valence-electron chi connectivity index (χ4n) is 7.51. The first-order valence-electron chi connectivity index (χ1n) is 25.1. The molecule has 0 fully saturated rings. The van der Waals surface area contributed by atoms with Crippen LogP contribution in [0.15, 0.2) is 12.2 Å². The normalized spacial score (nSPS) is 14.3. The fourth-order valence-corrected chi connectivity index (χ4v) is 8.25. The van der Waals surface area contributed by atoms with Gasteiger partial charge in [-0.2, -0.15) is 0 Å². The van der Waals surface area contributed by atoms with Crippen LogP contribution in [0, 0.1) is 0 Å². The Kier molecular flexibility index (Phi) is 41.0. The lowest BCUT2D eigenvalue weighted by atomic mass is 10.0. The lowest BCUT2D eigenvalue weighted by Crippen LogP contribution is -2.46. The summed E-state index contributed by atoms with van der Waals surface area (Å²) in [6.45, 7) is 4.86. The van der Waals surface area contributed by atoms with Gasteiger partial charge in [0.25, 0.3) is 0 Å². The van der Waals surface area contributed by atoms with Gasteiger partial charge in [0.05, 0.1) is 39.9 Å². The number of likely N-dealkylation sites (N-methyl/N-ethyl adjacent to an activating group) is 1. The minimum Gasteiger partial charge on any atom is -0.391 e. The topological polar surface area (TPSA) is 105 Å². The Hall–Kier alpha value is -0.760. The van der Waals surface area contributed by atoms with E-state index in [0.717, 1.165) is 38.5 Å². The van der Waals surface area contributed by atoms with E-state index in [1.165, 1.54) is 180 Å². The zero-order chi connectivity index (χ0) is 42.8. The van der Waals surface area contributed by atoms with E-state index < -0.39 is 20.0 Å². The molecule has 0 aliphatic carbocycles. The number of hydrogen-bond donors (Lipinski definition) is 3. The van der Waals surface area contributed by atoms with Crippen LogP contribution in [0.4, 0.5) is 0 Å². The van der Waals surface area contributed by atoms with Crippen molar-refractivity contribution in [3.8, 4) is 0 Å². The number of hydrogen-bond acceptors (Lipinski definition) is 5. The molecule has 1 amide bonds. The van der Waals surface area contributed by atoms with Crippen molar-refractivity contribution in [2.45, 2.75) is 257 Å². The van der Waals surface area contributed by atoms with Crippen molar-refractivity contribution in [2.24, 2.45) is 0 Å². The Morgan fingerprint density at radius 3 is 1.33 bits per heavy atom. The van der Waals surface area contributed by atoms with E-state index >= 15 is 0 Å². The highest BCUT2D eigenvalue weighted by atomic mass is 31.2. The van der Waals surface area contributed by atoms with Crippen LogP contribution in [0.1, 0.15) is 245 Å². The van der Waals surface area contributed by atoms with Gasteiger partial charge < -0.3 is 19.8 Å². The summed E-state index contributed by atoms with van der Waals surface area (Å²) in [6.07, 6.45) is 48.6. The van der Waals surface area contributed by atoms with Gasteiger partial charge in [-0.3, -0.25) is 13.8 Å². The minimum absolute atomic E-state index is 0.0767. The molecule has 0 aliphatic heterocycles. The van der Waals surface area contributed by atoms with Gasteiger partial charge in [0.1, 0.15) is 13.2 Å². The van der Waals surface area contributed by atoms with Gasteiger partial charge in [0, 0.05) is 6.42 Å². The fraction of sp³-hybridized carbons (Fsp3) is 0.939. The summed E-state index contributed by atoms with van der Waals surface area (Å²) in [5.74, 6) is -0.145. The molecule has 0 radical (unpaired) electrons. The molecule has 3 unspecified atom stereocenters. The molecular formula is C49H100N2O6P+. The Bertz CT molecular complexity index is 958. The molecule has 0 rings (SSSR count). The van der Waals surface area contributed by atoms with Crippen molar-refractivity contribution < 1.29 is 32.9 Å². The second kappa shape index (κ2) is 41.6. The molecule has 0 aromatic rings. The Morgan fingerprint density at radius 2 is 0.931 bits per heavy atom. The number of phosphoric acid groups is 1. The predicted octanol–water partition coefficient (Wildman–Crippen LogP) is 14.3. The quantitative estimate of drug-likeness (QED) is 0.0244. The zero-order valence-corrected chi connectivity index (χ0v) is 40.2. The number of allylic oxidation sites excluding steroid dienone is 2. The molecule has 3 N–H and O–H groups in total. The van der Waals surface area contributed by atoms with Crippen molar-refractivity contribution in [2.75, 3.05) is 40.9 Å². The van der Waals surface area contributed by atoms with Gasteiger partial charge in [-0.05, 0) is 38.5 Å². The van der Waals surface area contributed by atoms with E-state index in [9.17, 15) is 19.4 Å². The van der Waals surface area contributed by atoms with Crippen LogP contribution < -0.4 is 5.32 Å². The SMILES string of the molecule is CCCCCCCCCC/C=C\CCCCCCCCCCCCCCCCCCCC(=O)NC(COP(=O)(O)OCC[N+](C)(C)C)C(O)CCCCCCCCC. The molecule has 8 nitrogen and oxygen atoms in total. The summed E-state index contributed by atoms with van der Waals surface area (Å²) in [7, 11) is 1.62. The molecule has 0 bridgehead atoms. The molecule has 0 aromatic heterocycles. The summed E-state index contributed by atoms with van der Waals surface area (Å²) >= 11 is 0. The van der Waals surface area contributed by atoms with Crippen molar-refractivity contribution >= 4 is 13.7 Å². The number of quaternary nitrogens is 1. The van der Waals surface area contributed by atoms with Crippen LogP contribution in [0.25, 0.3) is 0 Å². The molecule has 0 heterocycles.